The van der Waals surface area contributed by atoms with Gasteiger partial charge in [0.25, 0.3) is 10.2 Å². The average Bonchev–Trinajstić information content (AvgIpc) is 2.72. The van der Waals surface area contributed by atoms with Crippen molar-refractivity contribution in [2.24, 2.45) is 17.8 Å². The fourth-order valence-corrected chi connectivity index (χ4v) is 3.70. The molecule has 1 amide bonds. The van der Waals surface area contributed by atoms with E-state index in [9.17, 15) is 22.8 Å². The van der Waals surface area contributed by atoms with E-state index in [1.54, 1.807) is 31.6 Å². The molecule has 10 nitrogen and oxygen atoms in total. The minimum Gasteiger partial charge on any atom is -0.480 e. The minimum atomic E-state index is -4.30. The van der Waals surface area contributed by atoms with Gasteiger partial charge in [-0.1, -0.05) is 56.3 Å². The molecule has 34 heavy (non-hydrogen) atoms. The summed E-state index contributed by atoms with van der Waals surface area (Å²) in [4.78, 5) is 38.5. The summed E-state index contributed by atoms with van der Waals surface area (Å²) in [5.41, 5.74) is 2.24. The van der Waals surface area contributed by atoms with E-state index in [-0.39, 0.29) is 12.3 Å². The molecule has 4 N–H and O–H groups in total. The quantitative estimate of drug-likeness (QED) is 0.241. The lowest BCUT2D eigenvalue weighted by Crippen LogP contribution is -2.51. The third-order valence-corrected chi connectivity index (χ3v) is 5.37. The predicted molar refractivity (Wildman–Crippen MR) is 128 cm³/mol. The lowest BCUT2D eigenvalue weighted by molar-refractivity contribution is -0.164. The largest absolute Gasteiger partial charge is 0.480 e. The zero-order chi connectivity index (χ0) is 25.9. The molecule has 0 spiro atoms. The van der Waals surface area contributed by atoms with E-state index < -0.39 is 52.0 Å². The molecule has 1 rings (SSSR count). The van der Waals surface area contributed by atoms with E-state index in [1.165, 1.54) is 0 Å². The van der Waals surface area contributed by atoms with Gasteiger partial charge >= 0.3 is 11.9 Å². The van der Waals surface area contributed by atoms with E-state index >= 15 is 0 Å². The van der Waals surface area contributed by atoms with E-state index in [0.717, 1.165) is 5.56 Å². The maximum absolute atomic E-state index is 13.1. The highest BCUT2D eigenvalue weighted by Crippen LogP contribution is 2.28. The highest BCUT2D eigenvalue weighted by molar-refractivity contribution is 7.87. The lowest BCUT2D eigenvalue weighted by atomic mass is 9.82. The van der Waals surface area contributed by atoms with Crippen molar-refractivity contribution in [3.8, 4) is 0 Å². The molecule has 190 valence electrons. The second-order valence-electron chi connectivity index (χ2n) is 9.23. The van der Waals surface area contributed by atoms with Crippen molar-refractivity contribution < 1.29 is 32.6 Å². The van der Waals surface area contributed by atoms with Gasteiger partial charge in [-0.3, -0.25) is 19.8 Å². The Kier molecular flexibility index (Phi) is 11.4. The molecule has 11 heteroatoms. The van der Waals surface area contributed by atoms with Crippen LogP contribution in [0.4, 0.5) is 0 Å². The molecular formula is C23H35N3O7S. The van der Waals surface area contributed by atoms with E-state index in [2.05, 4.69) is 5.43 Å². The van der Waals surface area contributed by atoms with E-state index in [1.807, 2.05) is 55.1 Å². The standard InChI is InChI=1S/C23H35N3O7S/c1-16(2)14-19(21(29)25-26-34(31,32)24-15-20(27)28)18(22(30)33-23(3,4)5)13-9-12-17-10-7-6-8-11-17/h6-12,16,18-19,24,26H,13-15H2,1-5H3,(H,25,29)(H,27,28)/b12-9+/t18-,19+/m0/s1. The number of aliphatic carboxylic acids is 1. The smallest absolute Gasteiger partial charge is 0.318 e. The summed E-state index contributed by atoms with van der Waals surface area (Å²) in [6, 6.07) is 9.44. The molecule has 2 atom stereocenters. The van der Waals surface area contributed by atoms with Gasteiger partial charge in [0.1, 0.15) is 12.1 Å². The maximum atomic E-state index is 13.1. The van der Waals surface area contributed by atoms with Gasteiger partial charge in [-0.2, -0.15) is 13.1 Å². The molecule has 0 radical (unpaired) electrons. The SMILES string of the molecule is CC(C)C[C@@H](C(=O)NNS(=O)(=O)NCC(=O)O)[C@H](C/C=C/c1ccccc1)C(=O)OC(C)(C)C. The van der Waals surface area contributed by atoms with Gasteiger partial charge < -0.3 is 9.84 Å². The Morgan fingerprint density at radius 3 is 2.24 bits per heavy atom. The molecular weight excluding hydrogens is 462 g/mol. The molecule has 1 aromatic rings. The Morgan fingerprint density at radius 2 is 1.71 bits per heavy atom. The molecule has 0 aliphatic heterocycles. The summed E-state index contributed by atoms with van der Waals surface area (Å²) < 4.78 is 31.1. The molecule has 0 bridgehead atoms. The summed E-state index contributed by atoms with van der Waals surface area (Å²) in [5, 5.41) is 8.63. The number of rotatable bonds is 13. The van der Waals surface area contributed by atoms with Gasteiger partial charge in [0.15, 0.2) is 0 Å². The number of hydrazine groups is 1. The summed E-state index contributed by atoms with van der Waals surface area (Å²) in [7, 11) is -4.30. The van der Waals surface area contributed by atoms with Crippen LogP contribution in [0.5, 0.6) is 0 Å². The predicted octanol–water partition coefficient (Wildman–Crippen LogP) is 2.25. The average molecular weight is 498 g/mol. The van der Waals surface area contributed by atoms with Crippen molar-refractivity contribution in [2.75, 3.05) is 6.54 Å². The highest BCUT2D eigenvalue weighted by Gasteiger charge is 2.36. The normalized spacial score (nSPS) is 14.1. The fourth-order valence-electron chi connectivity index (χ4n) is 3.08. The van der Waals surface area contributed by atoms with E-state index in [4.69, 9.17) is 9.84 Å². The summed E-state index contributed by atoms with van der Waals surface area (Å²) in [5.74, 6) is -4.45. The van der Waals surface area contributed by atoms with Crippen molar-refractivity contribution >= 4 is 34.1 Å². The molecule has 0 saturated carbocycles. The van der Waals surface area contributed by atoms with Crippen LogP contribution in [-0.2, 0) is 29.3 Å². The summed E-state index contributed by atoms with van der Waals surface area (Å²) in [6.45, 7) is 8.08. The first-order chi connectivity index (χ1) is 15.7. The Labute approximate surface area is 201 Å². The molecule has 0 aliphatic carbocycles. The molecule has 0 unspecified atom stereocenters. The fraction of sp³-hybridized carbons (Fsp3) is 0.522. The first-order valence-corrected chi connectivity index (χ1v) is 12.4. The van der Waals surface area contributed by atoms with Crippen molar-refractivity contribution in [3.05, 3.63) is 42.0 Å². The van der Waals surface area contributed by atoms with Crippen LogP contribution < -0.4 is 15.0 Å². The van der Waals surface area contributed by atoms with Crippen molar-refractivity contribution in [3.63, 3.8) is 0 Å². The summed E-state index contributed by atoms with van der Waals surface area (Å²) >= 11 is 0. The van der Waals surface area contributed by atoms with Gasteiger partial charge in [-0.15, -0.1) is 4.83 Å². The minimum absolute atomic E-state index is 0.0144. The number of hydrogen-bond acceptors (Lipinski definition) is 6. The third kappa shape index (κ3) is 11.9. The maximum Gasteiger partial charge on any atom is 0.318 e. The van der Waals surface area contributed by atoms with Crippen LogP contribution >= 0.6 is 0 Å². The molecule has 0 aliphatic rings. The van der Waals surface area contributed by atoms with Crippen LogP contribution in [0.3, 0.4) is 0 Å². The number of carbonyl (C=O) groups is 3. The molecule has 0 fully saturated rings. The lowest BCUT2D eigenvalue weighted by Gasteiger charge is -2.29. The zero-order valence-electron chi connectivity index (χ0n) is 20.2. The second-order valence-corrected chi connectivity index (χ2v) is 10.7. The van der Waals surface area contributed by atoms with Crippen LogP contribution in [0.15, 0.2) is 36.4 Å². The van der Waals surface area contributed by atoms with Crippen LogP contribution in [0.1, 0.15) is 53.0 Å². The zero-order valence-corrected chi connectivity index (χ0v) is 21.0. The van der Waals surface area contributed by atoms with Crippen LogP contribution in [0, 0.1) is 17.8 Å². The number of carboxylic acid groups (broad SMARTS) is 1. The van der Waals surface area contributed by atoms with Gasteiger partial charge in [-0.25, -0.2) is 0 Å². The Hall–Kier alpha value is -2.76. The highest BCUT2D eigenvalue weighted by atomic mass is 32.2. The molecule has 1 aromatic carbocycles. The second kappa shape index (κ2) is 13.2. The number of carboxylic acids is 1. The monoisotopic (exact) mass is 497 g/mol. The number of esters is 1. The Bertz CT molecular complexity index is 955. The van der Waals surface area contributed by atoms with Crippen LogP contribution in [0.25, 0.3) is 6.08 Å². The number of allylic oxidation sites excluding steroid dienone is 1. The Balaban J connectivity index is 3.11. The van der Waals surface area contributed by atoms with Gasteiger partial charge in [0.2, 0.25) is 5.91 Å². The number of carbonyl (C=O) groups excluding carboxylic acids is 2. The number of amides is 1. The topological polar surface area (TPSA) is 151 Å². The van der Waals surface area contributed by atoms with Crippen LogP contribution in [0.2, 0.25) is 0 Å². The molecule has 0 saturated heterocycles. The Morgan fingerprint density at radius 1 is 1.09 bits per heavy atom. The van der Waals surface area contributed by atoms with Gasteiger partial charge in [0, 0.05) is 0 Å². The first-order valence-electron chi connectivity index (χ1n) is 10.9. The van der Waals surface area contributed by atoms with Crippen LogP contribution in [-0.4, -0.2) is 43.5 Å². The number of hydrogen-bond donors (Lipinski definition) is 4. The summed E-state index contributed by atoms with van der Waals surface area (Å²) in [6.07, 6.45) is 4.10. The number of benzene rings is 1. The van der Waals surface area contributed by atoms with Crippen molar-refractivity contribution in [1.82, 2.24) is 15.0 Å². The van der Waals surface area contributed by atoms with Crippen molar-refractivity contribution in [1.29, 1.82) is 0 Å². The number of ether oxygens (including phenoxy) is 1. The van der Waals surface area contributed by atoms with Gasteiger partial charge in [-0.05, 0) is 45.1 Å². The van der Waals surface area contributed by atoms with Gasteiger partial charge in [0.05, 0.1) is 11.8 Å². The molecule has 0 heterocycles. The van der Waals surface area contributed by atoms with Crippen molar-refractivity contribution in [2.45, 2.75) is 53.1 Å². The first kappa shape index (κ1) is 29.3. The molecule has 0 aromatic heterocycles. The van der Waals surface area contributed by atoms with E-state index in [0.29, 0.717) is 6.42 Å². The number of nitrogens with one attached hydrogen (secondary N) is 3. The third-order valence-electron chi connectivity index (χ3n) is 4.48.